The lowest BCUT2D eigenvalue weighted by atomic mass is 10.3. The third-order valence-electron chi connectivity index (χ3n) is 2.75. The van der Waals surface area contributed by atoms with Gasteiger partial charge >= 0.3 is 0 Å². The van der Waals surface area contributed by atoms with Gasteiger partial charge in [0.05, 0.1) is 16.9 Å². The Balaban J connectivity index is 2.32. The molecular weight excluding hydrogens is 312 g/mol. The lowest BCUT2D eigenvalue weighted by Gasteiger charge is -2.11. The van der Waals surface area contributed by atoms with Crippen LogP contribution in [0.25, 0.3) is 0 Å². The van der Waals surface area contributed by atoms with Crippen LogP contribution in [0.15, 0.2) is 35.6 Å². The second-order valence-electron chi connectivity index (χ2n) is 4.33. The first-order valence-corrected chi connectivity index (χ1v) is 8.13. The Morgan fingerprint density at radius 3 is 2.71 bits per heavy atom. The molecule has 21 heavy (non-hydrogen) atoms. The van der Waals surface area contributed by atoms with E-state index in [0.29, 0.717) is 18.1 Å². The monoisotopic (exact) mass is 326 g/mol. The van der Waals surface area contributed by atoms with Crippen molar-refractivity contribution < 1.29 is 8.42 Å². The molecule has 0 fully saturated rings. The molecule has 0 saturated carbocycles. The van der Waals surface area contributed by atoms with Crippen molar-refractivity contribution in [1.82, 2.24) is 9.97 Å². The minimum absolute atomic E-state index is 0.00240. The van der Waals surface area contributed by atoms with Crippen LogP contribution in [-0.2, 0) is 10.0 Å². The summed E-state index contributed by atoms with van der Waals surface area (Å²) in [5.74, 6) is 0.454. The van der Waals surface area contributed by atoms with Crippen LogP contribution in [-0.4, -0.2) is 24.9 Å². The fourth-order valence-electron chi connectivity index (χ4n) is 1.64. The Morgan fingerprint density at radius 2 is 2.10 bits per heavy atom. The fourth-order valence-corrected chi connectivity index (χ4v) is 3.02. The summed E-state index contributed by atoms with van der Waals surface area (Å²) in [6.07, 6.45) is 4.31. The minimum atomic E-state index is -3.75. The number of halogens is 1. The number of hydrogen-bond donors (Lipinski definition) is 2. The molecule has 0 aliphatic heterocycles. The Hall–Kier alpha value is -1.86. The van der Waals surface area contributed by atoms with Gasteiger partial charge in [-0.15, -0.1) is 0 Å². The van der Waals surface area contributed by atoms with Crippen molar-refractivity contribution in [2.45, 2.75) is 18.7 Å². The molecule has 0 spiro atoms. The number of anilines is 2. The highest BCUT2D eigenvalue weighted by Crippen LogP contribution is 2.24. The van der Waals surface area contributed by atoms with E-state index in [4.69, 9.17) is 11.6 Å². The number of hydrogen-bond acceptors (Lipinski definition) is 5. The van der Waals surface area contributed by atoms with E-state index in [9.17, 15) is 8.42 Å². The summed E-state index contributed by atoms with van der Waals surface area (Å²) in [4.78, 5) is 7.92. The van der Waals surface area contributed by atoms with Gasteiger partial charge in [-0.05, 0) is 31.5 Å². The van der Waals surface area contributed by atoms with E-state index in [2.05, 4.69) is 20.0 Å². The van der Waals surface area contributed by atoms with Crippen LogP contribution in [0.5, 0.6) is 0 Å². The third-order valence-corrected chi connectivity index (χ3v) is 4.37. The normalized spacial score (nSPS) is 11.2. The van der Waals surface area contributed by atoms with Crippen molar-refractivity contribution in [2.75, 3.05) is 16.6 Å². The summed E-state index contributed by atoms with van der Waals surface area (Å²) >= 11 is 6.02. The topological polar surface area (TPSA) is 84.0 Å². The molecule has 0 amide bonds. The summed E-state index contributed by atoms with van der Waals surface area (Å²) in [5.41, 5.74) is 1.20. The number of nitrogens with zero attached hydrogens (tertiary/aromatic N) is 2. The Morgan fingerprint density at radius 1 is 1.33 bits per heavy atom. The first kappa shape index (κ1) is 15.5. The van der Waals surface area contributed by atoms with Gasteiger partial charge in [0.15, 0.2) is 0 Å². The summed E-state index contributed by atoms with van der Waals surface area (Å²) in [6.45, 7) is 4.33. The summed E-state index contributed by atoms with van der Waals surface area (Å²) < 4.78 is 27.1. The van der Waals surface area contributed by atoms with E-state index >= 15 is 0 Å². The average molecular weight is 327 g/mol. The molecule has 6 nitrogen and oxygen atoms in total. The summed E-state index contributed by atoms with van der Waals surface area (Å²) in [6, 6.07) is 3.08. The molecule has 2 heterocycles. The predicted octanol–water partition coefficient (Wildman–Crippen LogP) is 2.67. The molecule has 2 aromatic heterocycles. The van der Waals surface area contributed by atoms with Gasteiger partial charge < -0.3 is 5.32 Å². The van der Waals surface area contributed by atoms with Crippen LogP contribution in [0.2, 0.25) is 5.02 Å². The zero-order chi connectivity index (χ0) is 15.5. The summed E-state index contributed by atoms with van der Waals surface area (Å²) in [5, 5.41) is 3.20. The molecular formula is C13H15ClN4O2S. The van der Waals surface area contributed by atoms with Crippen molar-refractivity contribution in [3.8, 4) is 0 Å². The molecule has 0 aromatic carbocycles. The number of rotatable bonds is 5. The van der Waals surface area contributed by atoms with Crippen LogP contribution < -0.4 is 10.0 Å². The minimum Gasteiger partial charge on any atom is -0.369 e. The van der Waals surface area contributed by atoms with Crippen LogP contribution in [0.1, 0.15) is 12.5 Å². The first-order chi connectivity index (χ1) is 9.94. The zero-order valence-corrected chi connectivity index (χ0v) is 13.2. The molecule has 2 rings (SSSR count). The second-order valence-corrected chi connectivity index (χ2v) is 6.42. The van der Waals surface area contributed by atoms with Gasteiger partial charge in [-0.2, -0.15) is 0 Å². The van der Waals surface area contributed by atoms with Crippen LogP contribution in [0, 0.1) is 6.92 Å². The van der Waals surface area contributed by atoms with Gasteiger partial charge in [0.1, 0.15) is 10.7 Å². The Labute approximate surface area is 128 Å². The van der Waals surface area contributed by atoms with E-state index in [1.165, 1.54) is 18.5 Å². The largest absolute Gasteiger partial charge is 0.369 e. The lowest BCUT2D eigenvalue weighted by molar-refractivity contribution is 0.601. The molecule has 0 radical (unpaired) electrons. The standard InChI is InChI=1S/C13H15ClN4O2S/c1-3-16-13-11(14)6-10(7-17-13)21(19,20)18-12-8-15-5-4-9(12)2/h4-8,18H,3H2,1-2H3,(H,16,17). The third kappa shape index (κ3) is 3.62. The molecule has 2 aromatic rings. The highest BCUT2D eigenvalue weighted by atomic mass is 35.5. The van der Waals surface area contributed by atoms with Gasteiger partial charge in [0, 0.05) is 18.9 Å². The van der Waals surface area contributed by atoms with Crippen LogP contribution >= 0.6 is 11.6 Å². The van der Waals surface area contributed by atoms with Crippen molar-refractivity contribution in [1.29, 1.82) is 0 Å². The quantitative estimate of drug-likeness (QED) is 0.882. The van der Waals surface area contributed by atoms with Gasteiger partial charge in [-0.25, -0.2) is 13.4 Å². The number of aryl methyl sites for hydroxylation is 1. The van der Waals surface area contributed by atoms with Gasteiger partial charge in [0.2, 0.25) is 0 Å². The molecule has 8 heteroatoms. The maximum atomic E-state index is 12.3. The highest BCUT2D eigenvalue weighted by Gasteiger charge is 2.17. The lowest BCUT2D eigenvalue weighted by Crippen LogP contribution is -2.14. The van der Waals surface area contributed by atoms with Crippen LogP contribution in [0.3, 0.4) is 0 Å². The maximum Gasteiger partial charge on any atom is 0.263 e. The average Bonchev–Trinajstić information content (AvgIpc) is 2.43. The van der Waals surface area contributed by atoms with E-state index in [0.717, 1.165) is 5.56 Å². The molecule has 0 atom stereocenters. The summed E-state index contributed by atoms with van der Waals surface area (Å²) in [7, 11) is -3.75. The maximum absolute atomic E-state index is 12.3. The van der Waals surface area contributed by atoms with E-state index in [1.54, 1.807) is 19.2 Å². The predicted molar refractivity (Wildman–Crippen MR) is 83.2 cm³/mol. The molecule has 0 unspecified atom stereocenters. The van der Waals surface area contributed by atoms with Crippen molar-refractivity contribution in [2.24, 2.45) is 0 Å². The van der Waals surface area contributed by atoms with E-state index in [-0.39, 0.29) is 9.92 Å². The number of pyridine rings is 2. The number of aromatic nitrogens is 2. The highest BCUT2D eigenvalue weighted by molar-refractivity contribution is 7.92. The molecule has 112 valence electrons. The first-order valence-electron chi connectivity index (χ1n) is 6.27. The second kappa shape index (κ2) is 6.28. The molecule has 0 bridgehead atoms. The SMILES string of the molecule is CCNc1ncc(S(=O)(=O)Nc2cnccc2C)cc1Cl. The van der Waals surface area contributed by atoms with Gasteiger partial charge in [-0.1, -0.05) is 11.6 Å². The Bertz CT molecular complexity index is 750. The number of nitrogens with one attached hydrogen (secondary N) is 2. The van der Waals surface area contributed by atoms with Crippen LogP contribution in [0.4, 0.5) is 11.5 Å². The molecule has 0 aliphatic carbocycles. The van der Waals surface area contributed by atoms with Gasteiger partial charge in [0.25, 0.3) is 10.0 Å². The van der Waals surface area contributed by atoms with E-state index in [1.807, 2.05) is 6.92 Å². The number of sulfonamides is 1. The molecule has 0 saturated heterocycles. The van der Waals surface area contributed by atoms with Crippen molar-refractivity contribution in [3.63, 3.8) is 0 Å². The van der Waals surface area contributed by atoms with Gasteiger partial charge in [-0.3, -0.25) is 9.71 Å². The molecule has 2 N–H and O–H groups in total. The van der Waals surface area contributed by atoms with E-state index < -0.39 is 10.0 Å². The van der Waals surface area contributed by atoms with Crippen molar-refractivity contribution in [3.05, 3.63) is 41.3 Å². The van der Waals surface area contributed by atoms with Crippen molar-refractivity contribution >= 4 is 33.1 Å². The zero-order valence-electron chi connectivity index (χ0n) is 11.6. The Kier molecular flexibility index (Phi) is 4.64. The fraction of sp³-hybridized carbons (Fsp3) is 0.231. The smallest absolute Gasteiger partial charge is 0.263 e. The molecule has 0 aliphatic rings.